The molecule has 1 fully saturated rings. The highest BCUT2D eigenvalue weighted by Crippen LogP contribution is 2.31. The molecule has 16 heavy (non-hydrogen) atoms. The molecule has 1 aliphatic rings. The van der Waals surface area contributed by atoms with E-state index in [0.29, 0.717) is 18.4 Å². The first kappa shape index (κ1) is 11.4. The molecule has 0 amide bonds. The van der Waals surface area contributed by atoms with Gasteiger partial charge in [0.1, 0.15) is 5.75 Å². The highest BCUT2D eigenvalue weighted by atomic mass is 16.5. The summed E-state index contributed by atoms with van der Waals surface area (Å²) in [5.41, 5.74) is 8.31. The molecule has 2 rings (SSSR count). The molecular formula is C13H19NO2. The highest BCUT2D eigenvalue weighted by molar-refractivity contribution is 5.38. The van der Waals surface area contributed by atoms with Gasteiger partial charge in [0.25, 0.3) is 0 Å². The summed E-state index contributed by atoms with van der Waals surface area (Å²) in [5, 5.41) is 0. The van der Waals surface area contributed by atoms with Crippen LogP contribution in [-0.2, 0) is 4.74 Å². The molecule has 0 aromatic heterocycles. The van der Waals surface area contributed by atoms with Gasteiger partial charge in [0.2, 0.25) is 0 Å². The van der Waals surface area contributed by atoms with Gasteiger partial charge in [-0.15, -0.1) is 0 Å². The van der Waals surface area contributed by atoms with Gasteiger partial charge in [0.05, 0.1) is 20.3 Å². The second kappa shape index (κ2) is 4.85. The summed E-state index contributed by atoms with van der Waals surface area (Å²) in [4.78, 5) is 0. The van der Waals surface area contributed by atoms with E-state index in [-0.39, 0.29) is 0 Å². The summed E-state index contributed by atoms with van der Waals surface area (Å²) in [5.74, 6) is 1.93. The fourth-order valence-corrected chi connectivity index (χ4v) is 2.22. The maximum Gasteiger partial charge on any atom is 0.121 e. The van der Waals surface area contributed by atoms with E-state index < -0.39 is 0 Å². The Morgan fingerprint density at radius 1 is 1.50 bits per heavy atom. The average Bonchev–Trinajstić information content (AvgIpc) is 2.23. The molecule has 1 saturated heterocycles. The molecule has 0 spiro atoms. The number of methoxy groups -OCH3 is 1. The van der Waals surface area contributed by atoms with E-state index in [1.165, 1.54) is 11.1 Å². The van der Waals surface area contributed by atoms with E-state index in [9.17, 15) is 0 Å². The van der Waals surface area contributed by atoms with Gasteiger partial charge < -0.3 is 15.2 Å². The van der Waals surface area contributed by atoms with E-state index in [4.69, 9.17) is 15.2 Å². The van der Waals surface area contributed by atoms with Gasteiger partial charge in [0.15, 0.2) is 0 Å². The summed E-state index contributed by atoms with van der Waals surface area (Å²) in [6.07, 6.45) is 0. The molecule has 3 heteroatoms. The minimum absolute atomic E-state index is 0.415. The van der Waals surface area contributed by atoms with Crippen LogP contribution >= 0.6 is 0 Å². The van der Waals surface area contributed by atoms with Crippen molar-refractivity contribution in [1.82, 2.24) is 0 Å². The SMILES string of the molecule is COc1ccc(C(CN)C2COC2)cc1C. The van der Waals surface area contributed by atoms with Crippen molar-refractivity contribution in [3.8, 4) is 5.75 Å². The molecule has 1 atom stereocenters. The Hall–Kier alpha value is -1.06. The maximum atomic E-state index is 5.85. The van der Waals surface area contributed by atoms with Crippen LogP contribution in [-0.4, -0.2) is 26.9 Å². The lowest BCUT2D eigenvalue weighted by Crippen LogP contribution is -2.36. The van der Waals surface area contributed by atoms with Crippen LogP contribution in [0.1, 0.15) is 17.0 Å². The summed E-state index contributed by atoms with van der Waals surface area (Å²) < 4.78 is 10.5. The zero-order valence-electron chi connectivity index (χ0n) is 9.90. The molecule has 3 nitrogen and oxygen atoms in total. The van der Waals surface area contributed by atoms with Gasteiger partial charge in [0, 0.05) is 11.8 Å². The molecule has 1 aliphatic heterocycles. The van der Waals surface area contributed by atoms with Crippen molar-refractivity contribution in [2.24, 2.45) is 11.7 Å². The van der Waals surface area contributed by atoms with Crippen LogP contribution < -0.4 is 10.5 Å². The summed E-state index contributed by atoms with van der Waals surface area (Å²) in [6.45, 7) is 4.42. The summed E-state index contributed by atoms with van der Waals surface area (Å²) in [6, 6.07) is 6.31. The lowest BCUT2D eigenvalue weighted by Gasteiger charge is -2.33. The first-order valence-electron chi connectivity index (χ1n) is 5.68. The zero-order chi connectivity index (χ0) is 11.5. The van der Waals surface area contributed by atoms with E-state index in [2.05, 4.69) is 19.1 Å². The Kier molecular flexibility index (Phi) is 3.46. The van der Waals surface area contributed by atoms with Gasteiger partial charge in [-0.1, -0.05) is 12.1 Å². The molecule has 1 heterocycles. The third kappa shape index (κ3) is 2.06. The van der Waals surface area contributed by atoms with E-state index >= 15 is 0 Å². The van der Waals surface area contributed by atoms with Gasteiger partial charge in [-0.25, -0.2) is 0 Å². The Morgan fingerprint density at radius 2 is 2.25 bits per heavy atom. The molecule has 0 aliphatic carbocycles. The first-order valence-corrected chi connectivity index (χ1v) is 5.68. The Morgan fingerprint density at radius 3 is 2.69 bits per heavy atom. The number of nitrogens with two attached hydrogens (primary N) is 1. The maximum absolute atomic E-state index is 5.85. The molecular weight excluding hydrogens is 202 g/mol. The average molecular weight is 221 g/mol. The molecule has 1 aromatic carbocycles. The van der Waals surface area contributed by atoms with Crippen LogP contribution in [0.2, 0.25) is 0 Å². The Balaban J connectivity index is 2.21. The molecule has 0 saturated carbocycles. The second-order valence-electron chi connectivity index (χ2n) is 4.37. The van der Waals surface area contributed by atoms with Crippen molar-refractivity contribution >= 4 is 0 Å². The van der Waals surface area contributed by atoms with E-state index in [1.807, 2.05) is 6.07 Å². The first-order chi connectivity index (χ1) is 7.76. The molecule has 0 bridgehead atoms. The zero-order valence-corrected chi connectivity index (χ0v) is 9.90. The van der Waals surface area contributed by atoms with Crippen LogP contribution in [0.3, 0.4) is 0 Å². The third-order valence-electron chi connectivity index (χ3n) is 3.33. The number of hydrogen-bond donors (Lipinski definition) is 1. The predicted molar refractivity (Wildman–Crippen MR) is 63.8 cm³/mol. The summed E-state index contributed by atoms with van der Waals surface area (Å²) >= 11 is 0. The van der Waals surface area contributed by atoms with Crippen LogP contribution in [0.15, 0.2) is 18.2 Å². The third-order valence-corrected chi connectivity index (χ3v) is 3.33. The Bertz CT molecular complexity index is 361. The van der Waals surface area contributed by atoms with Crippen LogP contribution in [0, 0.1) is 12.8 Å². The molecule has 1 aromatic rings. The lowest BCUT2D eigenvalue weighted by atomic mass is 9.84. The molecule has 1 unspecified atom stereocenters. The van der Waals surface area contributed by atoms with Crippen molar-refractivity contribution in [2.45, 2.75) is 12.8 Å². The van der Waals surface area contributed by atoms with Gasteiger partial charge in [-0.05, 0) is 30.7 Å². The number of benzene rings is 1. The fraction of sp³-hybridized carbons (Fsp3) is 0.538. The molecule has 2 N–H and O–H groups in total. The van der Waals surface area contributed by atoms with Crippen molar-refractivity contribution in [3.63, 3.8) is 0 Å². The van der Waals surface area contributed by atoms with Crippen LogP contribution in [0.25, 0.3) is 0 Å². The fourth-order valence-electron chi connectivity index (χ4n) is 2.22. The number of ether oxygens (including phenoxy) is 2. The molecule has 0 radical (unpaired) electrons. The topological polar surface area (TPSA) is 44.5 Å². The van der Waals surface area contributed by atoms with Crippen molar-refractivity contribution in [1.29, 1.82) is 0 Å². The van der Waals surface area contributed by atoms with E-state index in [1.54, 1.807) is 7.11 Å². The largest absolute Gasteiger partial charge is 0.496 e. The molecule has 88 valence electrons. The lowest BCUT2D eigenvalue weighted by molar-refractivity contribution is -0.0437. The Labute approximate surface area is 96.5 Å². The van der Waals surface area contributed by atoms with Gasteiger partial charge >= 0.3 is 0 Å². The van der Waals surface area contributed by atoms with Gasteiger partial charge in [-0.2, -0.15) is 0 Å². The smallest absolute Gasteiger partial charge is 0.121 e. The minimum atomic E-state index is 0.415. The monoisotopic (exact) mass is 221 g/mol. The standard InChI is InChI=1S/C13H19NO2/c1-9-5-10(3-4-13(9)15-2)12(6-14)11-7-16-8-11/h3-5,11-12H,6-8,14H2,1-2H3. The predicted octanol–water partition coefficient (Wildman–Crippen LogP) is 1.69. The van der Waals surface area contributed by atoms with Crippen LogP contribution in [0.5, 0.6) is 5.75 Å². The number of rotatable bonds is 4. The number of aryl methyl sites for hydroxylation is 1. The van der Waals surface area contributed by atoms with Gasteiger partial charge in [-0.3, -0.25) is 0 Å². The second-order valence-corrected chi connectivity index (χ2v) is 4.37. The number of hydrogen-bond acceptors (Lipinski definition) is 3. The minimum Gasteiger partial charge on any atom is -0.496 e. The van der Waals surface area contributed by atoms with Crippen molar-refractivity contribution in [2.75, 3.05) is 26.9 Å². The van der Waals surface area contributed by atoms with Crippen LogP contribution in [0.4, 0.5) is 0 Å². The van der Waals surface area contributed by atoms with Crippen molar-refractivity contribution in [3.05, 3.63) is 29.3 Å². The highest BCUT2D eigenvalue weighted by Gasteiger charge is 2.28. The normalized spacial score (nSPS) is 17.9. The van der Waals surface area contributed by atoms with E-state index in [0.717, 1.165) is 19.0 Å². The summed E-state index contributed by atoms with van der Waals surface area (Å²) in [7, 11) is 1.70. The quantitative estimate of drug-likeness (QED) is 0.841. The van der Waals surface area contributed by atoms with Crippen molar-refractivity contribution < 1.29 is 9.47 Å².